The number of halogens is 3. The van der Waals surface area contributed by atoms with Gasteiger partial charge in [0.25, 0.3) is 6.43 Å². The quantitative estimate of drug-likeness (QED) is 0.818. The van der Waals surface area contributed by atoms with E-state index in [1.54, 1.807) is 0 Å². The summed E-state index contributed by atoms with van der Waals surface area (Å²) < 4.78 is 25.6. The maximum Gasteiger partial charge on any atom is 0.251 e. The van der Waals surface area contributed by atoms with Crippen LogP contribution in [-0.4, -0.2) is 55.5 Å². The highest BCUT2D eigenvalue weighted by molar-refractivity contribution is 9.10. The van der Waals surface area contributed by atoms with E-state index in [1.807, 2.05) is 4.90 Å². The van der Waals surface area contributed by atoms with Gasteiger partial charge < -0.3 is 4.90 Å². The first-order valence-corrected chi connectivity index (χ1v) is 7.40. The molecule has 106 valence electrons. The number of alkyl halides is 2. The fraction of sp³-hybridized carbons (Fsp3) is 0.571. The fourth-order valence-electron chi connectivity index (χ4n) is 2.33. The summed E-state index contributed by atoms with van der Waals surface area (Å²) >= 11 is 3.42. The van der Waals surface area contributed by atoms with Crippen molar-refractivity contribution in [1.29, 1.82) is 0 Å². The molecular weight excluding hydrogens is 314 g/mol. The Hall–Kier alpha value is -0.520. The van der Waals surface area contributed by atoms with Gasteiger partial charge in [-0.2, -0.15) is 0 Å². The second-order valence-corrected chi connectivity index (χ2v) is 5.83. The minimum Gasteiger partial charge on any atom is -0.300 e. The molecule has 0 N–H and O–H groups in total. The van der Waals surface area contributed by atoms with Crippen molar-refractivity contribution < 1.29 is 8.78 Å². The van der Waals surface area contributed by atoms with Gasteiger partial charge in [-0.25, -0.2) is 8.78 Å². The molecule has 1 heterocycles. The lowest BCUT2D eigenvalue weighted by Crippen LogP contribution is -2.48. The van der Waals surface area contributed by atoms with E-state index in [4.69, 9.17) is 0 Å². The standard InChI is InChI=1S/C14H19BrF2N2/c15-13-3-1-12(2-4-13)5-6-18-7-9-19(10-8-18)11-14(16)17/h1-4,14H,5-11H2. The Labute approximate surface area is 121 Å². The average molecular weight is 333 g/mol. The van der Waals surface area contributed by atoms with Gasteiger partial charge in [0.2, 0.25) is 0 Å². The Morgan fingerprint density at radius 2 is 1.58 bits per heavy atom. The molecule has 1 aliphatic heterocycles. The summed E-state index contributed by atoms with van der Waals surface area (Å²) in [4.78, 5) is 4.20. The second-order valence-electron chi connectivity index (χ2n) is 4.91. The molecule has 1 fully saturated rings. The first kappa shape index (κ1) is 14.9. The van der Waals surface area contributed by atoms with Gasteiger partial charge in [-0.05, 0) is 24.1 Å². The zero-order chi connectivity index (χ0) is 13.7. The van der Waals surface area contributed by atoms with Crippen LogP contribution in [0.4, 0.5) is 8.78 Å². The average Bonchev–Trinajstić information content (AvgIpc) is 2.39. The molecule has 0 spiro atoms. The van der Waals surface area contributed by atoms with Crippen molar-refractivity contribution in [3.8, 4) is 0 Å². The lowest BCUT2D eigenvalue weighted by atomic mass is 10.1. The maximum absolute atomic E-state index is 12.3. The Bertz CT molecular complexity index is 376. The molecule has 2 rings (SSSR count). The molecule has 1 aromatic carbocycles. The lowest BCUT2D eigenvalue weighted by Gasteiger charge is -2.34. The van der Waals surface area contributed by atoms with Gasteiger partial charge >= 0.3 is 0 Å². The van der Waals surface area contributed by atoms with Gasteiger partial charge in [0.15, 0.2) is 0 Å². The van der Waals surface area contributed by atoms with E-state index < -0.39 is 6.43 Å². The third-order valence-electron chi connectivity index (χ3n) is 3.49. The smallest absolute Gasteiger partial charge is 0.251 e. The normalized spacial score (nSPS) is 18.1. The third kappa shape index (κ3) is 5.16. The lowest BCUT2D eigenvalue weighted by molar-refractivity contribution is 0.0566. The van der Waals surface area contributed by atoms with Gasteiger partial charge in [0.05, 0.1) is 6.54 Å². The summed E-state index contributed by atoms with van der Waals surface area (Å²) in [6.07, 6.45) is -1.20. The highest BCUT2D eigenvalue weighted by atomic mass is 79.9. The molecule has 0 aliphatic carbocycles. The molecule has 0 aromatic heterocycles. The Morgan fingerprint density at radius 1 is 1.00 bits per heavy atom. The Kier molecular flexibility index (Phi) is 5.73. The summed E-state index contributed by atoms with van der Waals surface area (Å²) in [7, 11) is 0. The van der Waals surface area contributed by atoms with Crippen molar-refractivity contribution >= 4 is 15.9 Å². The molecule has 0 unspecified atom stereocenters. The third-order valence-corrected chi connectivity index (χ3v) is 4.02. The van der Waals surface area contributed by atoms with E-state index in [2.05, 4.69) is 45.1 Å². The number of benzene rings is 1. The highest BCUT2D eigenvalue weighted by Gasteiger charge is 2.19. The minimum absolute atomic E-state index is 0.0828. The van der Waals surface area contributed by atoms with Gasteiger partial charge in [-0.3, -0.25) is 4.90 Å². The van der Waals surface area contributed by atoms with Crippen molar-refractivity contribution in [1.82, 2.24) is 9.80 Å². The Morgan fingerprint density at radius 3 is 2.16 bits per heavy atom. The number of hydrogen-bond acceptors (Lipinski definition) is 2. The van der Waals surface area contributed by atoms with E-state index in [-0.39, 0.29) is 6.54 Å². The number of nitrogens with zero attached hydrogens (tertiary/aromatic N) is 2. The molecule has 1 aromatic rings. The van der Waals surface area contributed by atoms with E-state index >= 15 is 0 Å². The summed E-state index contributed by atoms with van der Waals surface area (Å²) in [6, 6.07) is 8.35. The second kappa shape index (κ2) is 7.31. The van der Waals surface area contributed by atoms with Gasteiger partial charge in [0.1, 0.15) is 0 Å². The zero-order valence-electron chi connectivity index (χ0n) is 10.9. The first-order valence-electron chi connectivity index (χ1n) is 6.61. The van der Waals surface area contributed by atoms with E-state index in [1.165, 1.54) is 5.56 Å². The maximum atomic E-state index is 12.3. The first-order chi connectivity index (χ1) is 9.13. The topological polar surface area (TPSA) is 6.48 Å². The molecule has 19 heavy (non-hydrogen) atoms. The number of rotatable bonds is 5. The molecule has 0 atom stereocenters. The predicted molar refractivity (Wildman–Crippen MR) is 76.7 cm³/mol. The van der Waals surface area contributed by atoms with Crippen LogP contribution >= 0.6 is 15.9 Å². The van der Waals surface area contributed by atoms with Crippen molar-refractivity contribution in [2.45, 2.75) is 12.8 Å². The van der Waals surface area contributed by atoms with Crippen LogP contribution in [0.25, 0.3) is 0 Å². The van der Waals surface area contributed by atoms with Gasteiger partial charge in [-0.1, -0.05) is 28.1 Å². The van der Waals surface area contributed by atoms with Crippen LogP contribution in [0.5, 0.6) is 0 Å². The van der Waals surface area contributed by atoms with E-state index in [0.717, 1.165) is 43.6 Å². The van der Waals surface area contributed by atoms with E-state index in [0.29, 0.717) is 0 Å². The number of hydrogen-bond donors (Lipinski definition) is 0. The van der Waals surface area contributed by atoms with Crippen LogP contribution in [-0.2, 0) is 6.42 Å². The summed E-state index contributed by atoms with van der Waals surface area (Å²) in [5.74, 6) is 0. The van der Waals surface area contributed by atoms with Crippen LogP contribution in [0.3, 0.4) is 0 Å². The summed E-state index contributed by atoms with van der Waals surface area (Å²) in [6.45, 7) is 4.21. The molecule has 1 saturated heterocycles. The number of piperazine rings is 1. The Balaban J connectivity index is 1.69. The molecule has 0 amide bonds. The van der Waals surface area contributed by atoms with E-state index in [9.17, 15) is 8.78 Å². The molecule has 0 bridgehead atoms. The summed E-state index contributed by atoms with van der Waals surface area (Å²) in [5, 5.41) is 0. The van der Waals surface area contributed by atoms with Crippen LogP contribution in [0.1, 0.15) is 5.56 Å². The summed E-state index contributed by atoms with van der Waals surface area (Å²) in [5.41, 5.74) is 1.32. The molecular formula is C14H19BrF2N2. The largest absolute Gasteiger partial charge is 0.300 e. The van der Waals surface area contributed by atoms with Crippen LogP contribution in [0, 0.1) is 0 Å². The van der Waals surface area contributed by atoms with Crippen molar-refractivity contribution in [2.24, 2.45) is 0 Å². The van der Waals surface area contributed by atoms with Crippen molar-refractivity contribution in [3.63, 3.8) is 0 Å². The molecule has 2 nitrogen and oxygen atoms in total. The van der Waals surface area contributed by atoms with Gasteiger partial charge in [0, 0.05) is 37.2 Å². The van der Waals surface area contributed by atoms with Crippen molar-refractivity contribution in [3.05, 3.63) is 34.3 Å². The minimum atomic E-state index is -2.21. The van der Waals surface area contributed by atoms with Crippen molar-refractivity contribution in [2.75, 3.05) is 39.3 Å². The molecule has 0 saturated carbocycles. The predicted octanol–water partition coefficient (Wildman–Crippen LogP) is 2.87. The van der Waals surface area contributed by atoms with Crippen LogP contribution in [0.2, 0.25) is 0 Å². The fourth-order valence-corrected chi connectivity index (χ4v) is 2.59. The van der Waals surface area contributed by atoms with Gasteiger partial charge in [-0.15, -0.1) is 0 Å². The monoisotopic (exact) mass is 332 g/mol. The van der Waals surface area contributed by atoms with Crippen LogP contribution < -0.4 is 0 Å². The molecule has 5 heteroatoms. The zero-order valence-corrected chi connectivity index (χ0v) is 12.5. The molecule has 0 radical (unpaired) electrons. The molecule has 1 aliphatic rings. The van der Waals surface area contributed by atoms with Crippen LogP contribution in [0.15, 0.2) is 28.7 Å². The highest BCUT2D eigenvalue weighted by Crippen LogP contribution is 2.12. The SMILES string of the molecule is FC(F)CN1CCN(CCc2ccc(Br)cc2)CC1.